The number of rotatable bonds is 1. The van der Waals surface area contributed by atoms with Crippen LogP contribution in [0.5, 0.6) is 0 Å². The van der Waals surface area contributed by atoms with Crippen LogP contribution in [0.4, 0.5) is 0 Å². The molecule has 5 nitrogen and oxygen atoms in total. The number of amides is 2. The second kappa shape index (κ2) is 4.21. The molecule has 2 rings (SSSR count). The van der Waals surface area contributed by atoms with E-state index in [0.29, 0.717) is 12.2 Å². The Balaban J connectivity index is 2.12. The number of nitrogens with one attached hydrogen (secondary N) is 1. The summed E-state index contributed by atoms with van der Waals surface area (Å²) in [6, 6.07) is 1.76. The highest BCUT2D eigenvalue weighted by Crippen LogP contribution is 2.12. The van der Waals surface area contributed by atoms with Gasteiger partial charge in [-0.3, -0.25) is 9.59 Å². The molecule has 1 unspecified atom stereocenters. The fourth-order valence-electron chi connectivity index (χ4n) is 1.72. The fraction of sp³-hybridized carbons (Fsp3) is 0.500. The van der Waals surface area contributed by atoms with Crippen LogP contribution in [-0.4, -0.2) is 40.2 Å². The highest BCUT2D eigenvalue weighted by Gasteiger charge is 2.27. The summed E-state index contributed by atoms with van der Waals surface area (Å²) in [5.41, 5.74) is 0.435. The second-order valence-electron chi connectivity index (χ2n) is 3.98. The van der Waals surface area contributed by atoms with E-state index in [0.717, 1.165) is 4.88 Å². The van der Waals surface area contributed by atoms with Crippen LogP contribution in [0, 0.1) is 6.92 Å². The van der Waals surface area contributed by atoms with Crippen molar-refractivity contribution in [2.75, 3.05) is 13.1 Å². The summed E-state index contributed by atoms with van der Waals surface area (Å²) in [6.45, 7) is 4.45. The number of piperazine rings is 1. The van der Waals surface area contributed by atoms with E-state index in [4.69, 9.17) is 0 Å². The summed E-state index contributed by atoms with van der Waals surface area (Å²) in [5, 5.41) is 2.77. The third-order valence-corrected chi connectivity index (χ3v) is 3.06. The monoisotopic (exact) mass is 239 g/mol. The minimum atomic E-state index is -0.161. The summed E-state index contributed by atoms with van der Waals surface area (Å²) in [4.78, 5) is 25.8. The van der Waals surface area contributed by atoms with Gasteiger partial charge in [0, 0.05) is 17.5 Å². The van der Waals surface area contributed by atoms with E-state index >= 15 is 0 Å². The quantitative estimate of drug-likeness (QED) is 0.772. The Labute approximate surface area is 97.6 Å². The molecular formula is C10H13N3O2S. The van der Waals surface area contributed by atoms with E-state index < -0.39 is 0 Å². The highest BCUT2D eigenvalue weighted by molar-refractivity contribution is 7.05. The smallest absolute Gasteiger partial charge is 0.274 e. The van der Waals surface area contributed by atoms with Crippen molar-refractivity contribution in [3.05, 3.63) is 16.6 Å². The normalized spacial score (nSPS) is 20.8. The van der Waals surface area contributed by atoms with Crippen LogP contribution in [0.1, 0.15) is 22.3 Å². The number of aryl methyl sites for hydroxylation is 1. The molecule has 2 amide bonds. The van der Waals surface area contributed by atoms with Crippen molar-refractivity contribution in [3.63, 3.8) is 0 Å². The first-order valence-electron chi connectivity index (χ1n) is 5.08. The van der Waals surface area contributed by atoms with E-state index in [2.05, 4.69) is 9.69 Å². The molecule has 1 aromatic rings. The lowest BCUT2D eigenvalue weighted by molar-refractivity contribution is -0.124. The number of aromatic nitrogens is 1. The van der Waals surface area contributed by atoms with Gasteiger partial charge >= 0.3 is 0 Å². The van der Waals surface area contributed by atoms with Crippen LogP contribution in [0.2, 0.25) is 0 Å². The number of nitrogens with zero attached hydrogens (tertiary/aromatic N) is 2. The van der Waals surface area contributed by atoms with Crippen LogP contribution in [-0.2, 0) is 4.79 Å². The van der Waals surface area contributed by atoms with Crippen molar-refractivity contribution in [2.45, 2.75) is 19.9 Å². The molecule has 0 aromatic carbocycles. The third kappa shape index (κ3) is 2.21. The van der Waals surface area contributed by atoms with E-state index in [-0.39, 0.29) is 24.4 Å². The molecule has 2 heterocycles. The average molecular weight is 239 g/mol. The maximum Gasteiger partial charge on any atom is 0.274 e. The van der Waals surface area contributed by atoms with Crippen LogP contribution in [0.25, 0.3) is 0 Å². The number of hydrogen-bond donors (Lipinski definition) is 1. The van der Waals surface area contributed by atoms with E-state index in [9.17, 15) is 9.59 Å². The predicted molar refractivity (Wildman–Crippen MR) is 60.4 cm³/mol. The van der Waals surface area contributed by atoms with E-state index in [1.54, 1.807) is 6.07 Å². The van der Waals surface area contributed by atoms with Gasteiger partial charge in [0.2, 0.25) is 5.91 Å². The Hall–Kier alpha value is -1.43. The molecule has 1 aromatic heterocycles. The zero-order valence-corrected chi connectivity index (χ0v) is 10.0. The molecule has 1 aliphatic rings. The van der Waals surface area contributed by atoms with Gasteiger partial charge in [-0.2, -0.15) is 4.37 Å². The maximum atomic E-state index is 12.0. The first kappa shape index (κ1) is 11.1. The first-order chi connectivity index (χ1) is 7.56. The molecule has 0 saturated carbocycles. The summed E-state index contributed by atoms with van der Waals surface area (Å²) in [6.07, 6.45) is 0. The Bertz CT molecular complexity index is 429. The maximum absolute atomic E-state index is 12.0. The molecule has 0 spiro atoms. The van der Waals surface area contributed by atoms with E-state index in [1.165, 1.54) is 16.4 Å². The Kier molecular flexibility index (Phi) is 2.91. The van der Waals surface area contributed by atoms with Crippen molar-refractivity contribution in [3.8, 4) is 0 Å². The standard InChI is InChI=1S/C10H13N3O2S/c1-6-4-13(5-9(14)11-6)10(15)8-3-7(2)16-12-8/h3,6H,4-5H2,1-2H3,(H,11,14). The molecule has 1 atom stereocenters. The topological polar surface area (TPSA) is 62.3 Å². The zero-order valence-electron chi connectivity index (χ0n) is 9.19. The van der Waals surface area contributed by atoms with Gasteiger partial charge in [-0.05, 0) is 31.4 Å². The molecule has 16 heavy (non-hydrogen) atoms. The van der Waals surface area contributed by atoms with Crippen molar-refractivity contribution < 1.29 is 9.59 Å². The van der Waals surface area contributed by atoms with Crippen LogP contribution in [0.15, 0.2) is 6.07 Å². The third-order valence-electron chi connectivity index (χ3n) is 2.37. The van der Waals surface area contributed by atoms with Gasteiger partial charge < -0.3 is 10.2 Å². The van der Waals surface area contributed by atoms with Crippen molar-refractivity contribution in [1.82, 2.24) is 14.6 Å². The molecule has 86 valence electrons. The Morgan fingerprint density at radius 2 is 2.44 bits per heavy atom. The molecule has 6 heteroatoms. The lowest BCUT2D eigenvalue weighted by Crippen LogP contribution is -2.54. The van der Waals surface area contributed by atoms with Crippen molar-refractivity contribution >= 4 is 23.3 Å². The summed E-state index contributed by atoms with van der Waals surface area (Å²) < 4.78 is 4.06. The number of carbonyl (C=O) groups excluding carboxylic acids is 2. The average Bonchev–Trinajstić information content (AvgIpc) is 2.62. The molecule has 0 bridgehead atoms. The Morgan fingerprint density at radius 3 is 3.00 bits per heavy atom. The SMILES string of the molecule is Cc1cc(C(=O)N2CC(=O)NC(C)C2)ns1. The van der Waals surface area contributed by atoms with Crippen LogP contribution < -0.4 is 5.32 Å². The molecule has 0 aliphatic carbocycles. The molecular weight excluding hydrogens is 226 g/mol. The van der Waals surface area contributed by atoms with Gasteiger partial charge in [-0.1, -0.05) is 0 Å². The fourth-order valence-corrected chi connectivity index (χ4v) is 2.26. The zero-order chi connectivity index (χ0) is 11.7. The summed E-state index contributed by atoms with van der Waals surface area (Å²) in [7, 11) is 0. The molecule has 1 saturated heterocycles. The van der Waals surface area contributed by atoms with Crippen LogP contribution in [0.3, 0.4) is 0 Å². The Morgan fingerprint density at radius 1 is 1.69 bits per heavy atom. The number of hydrogen-bond acceptors (Lipinski definition) is 4. The largest absolute Gasteiger partial charge is 0.350 e. The molecule has 1 fully saturated rings. The minimum absolute atomic E-state index is 0.00457. The highest BCUT2D eigenvalue weighted by atomic mass is 32.1. The van der Waals surface area contributed by atoms with Crippen molar-refractivity contribution in [1.29, 1.82) is 0 Å². The lowest BCUT2D eigenvalue weighted by atomic mass is 10.2. The molecule has 1 N–H and O–H groups in total. The van der Waals surface area contributed by atoms with E-state index in [1.807, 2.05) is 13.8 Å². The second-order valence-corrected chi connectivity index (χ2v) is 4.99. The van der Waals surface area contributed by atoms with Crippen molar-refractivity contribution in [2.24, 2.45) is 0 Å². The van der Waals surface area contributed by atoms with Crippen LogP contribution >= 0.6 is 11.5 Å². The minimum Gasteiger partial charge on any atom is -0.350 e. The first-order valence-corrected chi connectivity index (χ1v) is 5.85. The number of carbonyl (C=O) groups is 2. The summed E-state index contributed by atoms with van der Waals surface area (Å²) >= 11 is 1.30. The lowest BCUT2D eigenvalue weighted by Gasteiger charge is -2.30. The van der Waals surface area contributed by atoms with Gasteiger partial charge in [0.1, 0.15) is 5.69 Å². The molecule has 1 aliphatic heterocycles. The predicted octanol–water partition coefficient (Wildman–Crippen LogP) is 0.412. The molecule has 0 radical (unpaired) electrons. The van der Waals surface area contributed by atoms with Gasteiger partial charge in [-0.25, -0.2) is 0 Å². The van der Waals surface area contributed by atoms with Gasteiger partial charge in [0.15, 0.2) is 0 Å². The van der Waals surface area contributed by atoms with Gasteiger partial charge in [0.05, 0.1) is 6.54 Å². The van der Waals surface area contributed by atoms with Gasteiger partial charge in [0.25, 0.3) is 5.91 Å². The summed E-state index contributed by atoms with van der Waals surface area (Å²) in [5.74, 6) is -0.273. The van der Waals surface area contributed by atoms with Gasteiger partial charge in [-0.15, -0.1) is 0 Å².